The summed E-state index contributed by atoms with van der Waals surface area (Å²) in [7, 11) is 1.83. The van der Waals surface area contributed by atoms with Gasteiger partial charge in [0.25, 0.3) is 5.91 Å². The van der Waals surface area contributed by atoms with Gasteiger partial charge in [0.05, 0.1) is 16.5 Å². The zero-order valence-electron chi connectivity index (χ0n) is 15.1. The van der Waals surface area contributed by atoms with Crippen LogP contribution in [0.3, 0.4) is 0 Å². The van der Waals surface area contributed by atoms with E-state index in [1.165, 1.54) is 11.3 Å². The van der Waals surface area contributed by atoms with E-state index in [1.54, 1.807) is 29.5 Å². The number of rotatable bonds is 4. The number of fused-ring (bicyclic) bond motifs is 1. The van der Waals surface area contributed by atoms with Crippen LogP contribution < -0.4 is 5.32 Å². The first-order valence-corrected chi connectivity index (χ1v) is 9.29. The molecule has 1 saturated heterocycles. The fraction of sp³-hybridized carbons (Fsp3) is 0.529. The van der Waals surface area contributed by atoms with E-state index in [9.17, 15) is 19.5 Å². The number of aryl methyl sites for hydroxylation is 2. The molecule has 2 N–H and O–H groups in total. The third kappa shape index (κ3) is 3.07. The molecule has 9 heteroatoms. The molecule has 3 unspecified atom stereocenters. The highest BCUT2D eigenvalue weighted by atomic mass is 32.1. The van der Waals surface area contributed by atoms with Crippen LogP contribution in [0.2, 0.25) is 0 Å². The van der Waals surface area contributed by atoms with Crippen LogP contribution in [0.4, 0.5) is 0 Å². The molecule has 1 fully saturated rings. The molecular weight excluding hydrogens is 356 g/mol. The topological polar surface area (TPSA) is 105 Å². The van der Waals surface area contributed by atoms with E-state index in [4.69, 9.17) is 0 Å². The van der Waals surface area contributed by atoms with Crippen molar-refractivity contribution >= 4 is 39.3 Å². The quantitative estimate of drug-likeness (QED) is 0.836. The number of carboxylic acid groups (broad SMARTS) is 1. The van der Waals surface area contributed by atoms with E-state index in [1.807, 2.05) is 14.0 Å². The molecule has 0 aliphatic carbocycles. The van der Waals surface area contributed by atoms with Crippen molar-refractivity contribution < 1.29 is 19.5 Å². The molecule has 1 aliphatic rings. The smallest absolute Gasteiger partial charge is 0.308 e. The predicted octanol–water partition coefficient (Wildman–Crippen LogP) is 1.38. The van der Waals surface area contributed by atoms with Crippen molar-refractivity contribution in [3.05, 3.63) is 16.6 Å². The number of likely N-dealkylation sites (tertiary alicyclic amines) is 1. The van der Waals surface area contributed by atoms with Crippen LogP contribution in [-0.4, -0.2) is 56.2 Å². The second-order valence-corrected chi connectivity index (χ2v) is 7.77. The van der Waals surface area contributed by atoms with Gasteiger partial charge < -0.3 is 15.3 Å². The Balaban J connectivity index is 1.69. The van der Waals surface area contributed by atoms with Gasteiger partial charge in [-0.25, -0.2) is 0 Å². The Kier molecular flexibility index (Phi) is 4.74. The maximum atomic E-state index is 12.6. The van der Waals surface area contributed by atoms with Crippen molar-refractivity contribution in [1.29, 1.82) is 0 Å². The van der Waals surface area contributed by atoms with E-state index in [2.05, 4.69) is 10.4 Å². The summed E-state index contributed by atoms with van der Waals surface area (Å²) >= 11 is 1.33. The van der Waals surface area contributed by atoms with Crippen molar-refractivity contribution in [3.63, 3.8) is 0 Å². The average Bonchev–Trinajstić information content (AvgIpc) is 3.23. The van der Waals surface area contributed by atoms with Crippen LogP contribution in [0.25, 0.3) is 10.2 Å². The summed E-state index contributed by atoms with van der Waals surface area (Å²) in [5, 5.41) is 17.2. The lowest BCUT2D eigenvalue weighted by atomic mass is 10.0. The third-order valence-electron chi connectivity index (χ3n) is 4.99. The molecular formula is C17H22N4O4S. The number of carbonyl (C=O) groups excluding carboxylic acids is 2. The first-order chi connectivity index (χ1) is 12.2. The first kappa shape index (κ1) is 18.4. The summed E-state index contributed by atoms with van der Waals surface area (Å²) in [4.78, 5) is 39.3. The summed E-state index contributed by atoms with van der Waals surface area (Å²) in [6.07, 6.45) is 0.436. The molecule has 2 amide bonds. The van der Waals surface area contributed by atoms with Gasteiger partial charge in [-0.3, -0.25) is 19.1 Å². The summed E-state index contributed by atoms with van der Waals surface area (Å²) in [5.74, 6) is -2.01. The standard InChI is InChI=1S/C17H22N4O4S/c1-8-12-7-13(26-16(12)20(4)19-8)14(22)18-9(2)15(23)21-6-5-11(10(21)3)17(24)25/h7,9-11H,5-6H2,1-4H3,(H,18,22)(H,24,25). The van der Waals surface area contributed by atoms with E-state index in [0.717, 1.165) is 15.9 Å². The Labute approximate surface area is 154 Å². The number of thiophene rings is 1. The molecule has 3 rings (SSSR count). The van der Waals surface area contributed by atoms with Gasteiger partial charge in [0.2, 0.25) is 5.91 Å². The van der Waals surface area contributed by atoms with Gasteiger partial charge in [-0.05, 0) is 33.3 Å². The zero-order chi connectivity index (χ0) is 19.2. The monoisotopic (exact) mass is 378 g/mol. The second kappa shape index (κ2) is 6.71. The lowest BCUT2D eigenvalue weighted by Crippen LogP contribution is -2.49. The Bertz CT molecular complexity index is 852. The molecule has 140 valence electrons. The summed E-state index contributed by atoms with van der Waals surface area (Å²) in [6, 6.07) is 0.688. The van der Waals surface area contributed by atoms with Gasteiger partial charge in [0, 0.05) is 25.0 Å². The van der Waals surface area contributed by atoms with Crippen molar-refractivity contribution in [2.45, 2.75) is 39.3 Å². The van der Waals surface area contributed by atoms with Gasteiger partial charge in [-0.2, -0.15) is 5.10 Å². The maximum Gasteiger partial charge on any atom is 0.308 e. The van der Waals surface area contributed by atoms with Crippen molar-refractivity contribution in [2.75, 3.05) is 6.54 Å². The molecule has 1 aliphatic heterocycles. The number of aliphatic carboxylic acids is 1. The fourth-order valence-electron chi connectivity index (χ4n) is 3.48. The highest BCUT2D eigenvalue weighted by Gasteiger charge is 2.39. The molecule has 3 atom stereocenters. The molecule has 0 radical (unpaired) electrons. The molecule has 2 aromatic rings. The Morgan fingerprint density at radius 1 is 1.42 bits per heavy atom. The van der Waals surface area contributed by atoms with Gasteiger partial charge >= 0.3 is 5.97 Å². The van der Waals surface area contributed by atoms with Crippen molar-refractivity contribution in [3.8, 4) is 0 Å². The Morgan fingerprint density at radius 3 is 2.69 bits per heavy atom. The molecule has 0 bridgehead atoms. The minimum absolute atomic E-state index is 0.256. The van der Waals surface area contributed by atoms with E-state index >= 15 is 0 Å². The van der Waals surface area contributed by atoms with Crippen molar-refractivity contribution in [2.24, 2.45) is 13.0 Å². The van der Waals surface area contributed by atoms with Crippen LogP contribution in [-0.2, 0) is 16.6 Å². The minimum atomic E-state index is -0.890. The number of nitrogens with one attached hydrogen (secondary N) is 1. The van der Waals surface area contributed by atoms with Gasteiger partial charge in [0.15, 0.2) is 0 Å². The van der Waals surface area contributed by atoms with E-state index in [-0.39, 0.29) is 17.9 Å². The van der Waals surface area contributed by atoms with Gasteiger partial charge in [0.1, 0.15) is 10.9 Å². The number of nitrogens with zero attached hydrogens (tertiary/aromatic N) is 3. The average molecular weight is 378 g/mol. The van der Waals surface area contributed by atoms with Gasteiger partial charge in [-0.1, -0.05) is 0 Å². The number of carbonyl (C=O) groups is 3. The third-order valence-corrected chi connectivity index (χ3v) is 6.19. The SMILES string of the molecule is Cc1nn(C)c2sc(C(=O)NC(C)C(=O)N3CCC(C(=O)O)C3C)cc12. The molecule has 0 spiro atoms. The summed E-state index contributed by atoms with van der Waals surface area (Å²) in [5.41, 5.74) is 0.854. The first-order valence-electron chi connectivity index (χ1n) is 8.48. The van der Waals surface area contributed by atoms with Crippen LogP contribution in [0, 0.1) is 12.8 Å². The van der Waals surface area contributed by atoms with E-state index < -0.39 is 17.9 Å². The molecule has 8 nitrogen and oxygen atoms in total. The highest BCUT2D eigenvalue weighted by molar-refractivity contribution is 7.20. The van der Waals surface area contributed by atoms with Crippen LogP contribution in [0.15, 0.2) is 6.07 Å². The number of carboxylic acids is 1. The summed E-state index contributed by atoms with van der Waals surface area (Å²) < 4.78 is 1.73. The van der Waals surface area contributed by atoms with E-state index in [0.29, 0.717) is 17.8 Å². The molecule has 2 aromatic heterocycles. The molecule has 26 heavy (non-hydrogen) atoms. The number of aromatic nitrogens is 2. The van der Waals surface area contributed by atoms with Crippen LogP contribution in [0.1, 0.15) is 35.6 Å². The molecule has 3 heterocycles. The van der Waals surface area contributed by atoms with Crippen LogP contribution in [0.5, 0.6) is 0 Å². The Morgan fingerprint density at radius 2 is 2.12 bits per heavy atom. The normalized spacial score (nSPS) is 21.2. The second-order valence-electron chi connectivity index (χ2n) is 6.74. The van der Waals surface area contributed by atoms with Crippen molar-refractivity contribution in [1.82, 2.24) is 20.0 Å². The number of amides is 2. The lowest BCUT2D eigenvalue weighted by molar-refractivity contribution is -0.143. The lowest BCUT2D eigenvalue weighted by Gasteiger charge is -2.26. The van der Waals surface area contributed by atoms with Gasteiger partial charge in [-0.15, -0.1) is 11.3 Å². The minimum Gasteiger partial charge on any atom is -0.481 e. The number of hydrogen-bond acceptors (Lipinski definition) is 5. The molecule has 0 aromatic carbocycles. The predicted molar refractivity (Wildman–Crippen MR) is 97.2 cm³/mol. The van der Waals surface area contributed by atoms with Crippen LogP contribution >= 0.6 is 11.3 Å². The zero-order valence-corrected chi connectivity index (χ0v) is 16.0. The fourth-order valence-corrected chi connectivity index (χ4v) is 4.50. The number of hydrogen-bond donors (Lipinski definition) is 2. The maximum absolute atomic E-state index is 12.6. The Hall–Kier alpha value is -2.42. The molecule has 0 saturated carbocycles. The largest absolute Gasteiger partial charge is 0.481 e. The highest BCUT2D eigenvalue weighted by Crippen LogP contribution is 2.28. The summed E-state index contributed by atoms with van der Waals surface area (Å²) in [6.45, 7) is 5.64.